The number of Topliss-reactive ketones (excluding diaryl/α,β-unsaturated/α-hetero) is 1. The van der Waals surface area contributed by atoms with Gasteiger partial charge in [0.25, 0.3) is 0 Å². The van der Waals surface area contributed by atoms with Crippen molar-refractivity contribution in [3.63, 3.8) is 0 Å². The van der Waals surface area contributed by atoms with Gasteiger partial charge in [-0.05, 0) is 57.8 Å². The van der Waals surface area contributed by atoms with Gasteiger partial charge < -0.3 is 30.3 Å². The van der Waals surface area contributed by atoms with Gasteiger partial charge in [-0.3, -0.25) is 23.4 Å². The van der Waals surface area contributed by atoms with E-state index < -0.39 is 44.7 Å². The van der Waals surface area contributed by atoms with E-state index in [2.05, 4.69) is 26.0 Å². The molecule has 0 spiro atoms. The van der Waals surface area contributed by atoms with Crippen molar-refractivity contribution in [2.75, 3.05) is 26.4 Å². The Morgan fingerprint density at radius 1 is 0.833 bits per heavy atom. The molecule has 0 heterocycles. The van der Waals surface area contributed by atoms with Crippen molar-refractivity contribution in [1.29, 1.82) is 0 Å². The Bertz CT molecular complexity index is 1140. The molecule has 6 atom stereocenters. The molecule has 0 radical (unpaired) electrons. The van der Waals surface area contributed by atoms with Gasteiger partial charge >= 0.3 is 19.8 Å². The van der Waals surface area contributed by atoms with Gasteiger partial charge in [0.2, 0.25) is 0 Å². The second kappa shape index (κ2) is 32.0. The zero-order valence-electron chi connectivity index (χ0n) is 33.2. The summed E-state index contributed by atoms with van der Waals surface area (Å²) in [6, 6.07) is 0. The summed E-state index contributed by atoms with van der Waals surface area (Å²) in [7, 11) is -4.45. The molecule has 1 unspecified atom stereocenters. The Morgan fingerprint density at radius 2 is 1.44 bits per heavy atom. The van der Waals surface area contributed by atoms with E-state index in [0.29, 0.717) is 32.1 Å². The van der Waals surface area contributed by atoms with Crippen molar-refractivity contribution in [3.8, 4) is 0 Å². The van der Waals surface area contributed by atoms with Crippen LogP contribution in [0.2, 0.25) is 0 Å². The molecular weight excluding hydrogens is 713 g/mol. The van der Waals surface area contributed by atoms with Gasteiger partial charge in [-0.25, -0.2) is 4.57 Å². The van der Waals surface area contributed by atoms with Gasteiger partial charge in [0.05, 0.1) is 25.4 Å². The first-order valence-electron chi connectivity index (χ1n) is 20.6. The number of unbranched alkanes of at least 4 members (excludes halogenated alkanes) is 12. The predicted molar refractivity (Wildman–Crippen MR) is 211 cm³/mol. The molecular formula is C41H72NO11P. The highest BCUT2D eigenvalue weighted by atomic mass is 31.2. The summed E-state index contributed by atoms with van der Waals surface area (Å²) in [6.45, 7) is 3.27. The number of ether oxygens (including phenoxy) is 2. The van der Waals surface area contributed by atoms with Crippen LogP contribution in [-0.4, -0.2) is 77.5 Å². The van der Waals surface area contributed by atoms with Gasteiger partial charge in [0.15, 0.2) is 6.10 Å². The van der Waals surface area contributed by atoms with Crippen molar-refractivity contribution in [2.24, 2.45) is 17.6 Å². The molecule has 13 heteroatoms. The molecule has 0 bridgehead atoms. The quantitative estimate of drug-likeness (QED) is 0.0213. The second-order valence-electron chi connectivity index (χ2n) is 14.3. The van der Waals surface area contributed by atoms with Crippen LogP contribution in [0.5, 0.6) is 0 Å². The Balaban J connectivity index is 2.46. The number of carbonyl (C=O) groups is 3. The van der Waals surface area contributed by atoms with Crippen molar-refractivity contribution >= 4 is 25.5 Å². The van der Waals surface area contributed by atoms with Gasteiger partial charge in [0, 0.05) is 37.6 Å². The minimum atomic E-state index is -4.45. The summed E-state index contributed by atoms with van der Waals surface area (Å²) < 4.78 is 32.6. The maximum atomic E-state index is 12.7. The number of phosphoric ester groups is 1. The van der Waals surface area contributed by atoms with E-state index in [1.807, 2.05) is 12.2 Å². The van der Waals surface area contributed by atoms with E-state index in [1.165, 1.54) is 25.7 Å². The lowest BCUT2D eigenvalue weighted by Gasteiger charge is -2.19. The van der Waals surface area contributed by atoms with Crippen molar-refractivity contribution < 1.29 is 52.6 Å². The molecule has 0 aromatic carbocycles. The Labute approximate surface area is 324 Å². The zero-order chi connectivity index (χ0) is 39.9. The van der Waals surface area contributed by atoms with E-state index >= 15 is 0 Å². The molecule has 0 saturated heterocycles. The first-order valence-corrected chi connectivity index (χ1v) is 22.1. The number of allylic oxidation sites excluding steroid dienone is 4. The fraction of sp³-hybridized carbons (Fsp3) is 0.780. The third kappa shape index (κ3) is 25.8. The van der Waals surface area contributed by atoms with Crippen LogP contribution in [0, 0.1) is 11.8 Å². The van der Waals surface area contributed by atoms with Crippen LogP contribution >= 0.6 is 7.82 Å². The molecule has 12 nitrogen and oxygen atoms in total. The molecule has 1 aliphatic carbocycles. The average Bonchev–Trinajstić information content (AvgIpc) is 3.41. The van der Waals surface area contributed by atoms with Gasteiger partial charge in [-0.1, -0.05) is 108 Å². The molecule has 312 valence electrons. The lowest BCUT2D eigenvalue weighted by atomic mass is 9.90. The number of nitrogens with two attached hydrogens (primary N) is 1. The summed E-state index contributed by atoms with van der Waals surface area (Å²) in [5, 5.41) is 20.7. The van der Waals surface area contributed by atoms with Crippen molar-refractivity contribution in [2.45, 2.75) is 167 Å². The van der Waals surface area contributed by atoms with Crippen LogP contribution in [0.4, 0.5) is 0 Å². The number of phosphoric acid groups is 1. The lowest BCUT2D eigenvalue weighted by molar-refractivity contribution is -0.161. The highest BCUT2D eigenvalue weighted by Gasteiger charge is 2.39. The zero-order valence-corrected chi connectivity index (χ0v) is 34.1. The number of carbonyl (C=O) groups excluding carboxylic acids is 3. The number of aliphatic hydroxyl groups excluding tert-OH is 2. The first-order chi connectivity index (χ1) is 26.0. The van der Waals surface area contributed by atoms with Crippen LogP contribution < -0.4 is 5.73 Å². The summed E-state index contributed by atoms with van der Waals surface area (Å²) in [6.07, 6.45) is 26.8. The molecule has 1 fully saturated rings. The monoisotopic (exact) mass is 785 g/mol. The van der Waals surface area contributed by atoms with Gasteiger partial charge in [-0.15, -0.1) is 0 Å². The Kier molecular flexibility index (Phi) is 29.5. The number of aliphatic hydroxyl groups is 2. The van der Waals surface area contributed by atoms with Crippen molar-refractivity contribution in [3.05, 3.63) is 36.5 Å². The van der Waals surface area contributed by atoms with Crippen LogP contribution in [0.15, 0.2) is 36.5 Å². The van der Waals surface area contributed by atoms with Crippen molar-refractivity contribution in [1.82, 2.24) is 0 Å². The Morgan fingerprint density at radius 3 is 2.15 bits per heavy atom. The van der Waals surface area contributed by atoms with Gasteiger partial charge in [0.1, 0.15) is 12.4 Å². The molecule has 1 rings (SSSR count). The van der Waals surface area contributed by atoms with Crippen LogP contribution in [0.25, 0.3) is 0 Å². The lowest BCUT2D eigenvalue weighted by Crippen LogP contribution is -2.29. The molecule has 0 aliphatic heterocycles. The maximum Gasteiger partial charge on any atom is 0.472 e. The van der Waals surface area contributed by atoms with Crippen LogP contribution in [0.1, 0.15) is 149 Å². The molecule has 5 N–H and O–H groups in total. The maximum absolute atomic E-state index is 12.7. The van der Waals surface area contributed by atoms with E-state index in [9.17, 15) is 34.1 Å². The largest absolute Gasteiger partial charge is 0.472 e. The van der Waals surface area contributed by atoms with E-state index in [-0.39, 0.29) is 56.6 Å². The summed E-state index contributed by atoms with van der Waals surface area (Å²) >= 11 is 0. The van der Waals surface area contributed by atoms with Crippen LogP contribution in [-0.2, 0) is 37.5 Å². The summed E-state index contributed by atoms with van der Waals surface area (Å²) in [5.74, 6) is -1.78. The predicted octanol–water partition coefficient (Wildman–Crippen LogP) is 7.97. The average molecular weight is 786 g/mol. The summed E-state index contributed by atoms with van der Waals surface area (Å²) in [5.41, 5.74) is 5.33. The number of hydrogen-bond donors (Lipinski definition) is 4. The minimum absolute atomic E-state index is 0.00843. The standard InChI is InChI=1S/C41H72NO11P/c1-3-5-7-8-9-10-11-12-13-14-15-16-21-25-40(46)50-32-35(33-52-54(48,49)51-30-29-42)53-41(47)26-22-18-17-20-24-36-37(39(45)31-38(36)44)28-27-34(43)23-19-6-4-2/h10-11,17,20,27-28,34-37,39,43,45H,3-9,12-16,18-19,21-26,29-33,42H2,1-2H3,(H,48,49)/b11-10-,20-17-,28-27+/t34-,35+,36+,37+,39+/m0/s1. The fourth-order valence-electron chi connectivity index (χ4n) is 6.20. The third-order valence-corrected chi connectivity index (χ3v) is 10.4. The summed E-state index contributed by atoms with van der Waals surface area (Å²) in [4.78, 5) is 47.5. The number of rotatable bonds is 34. The molecule has 1 aliphatic rings. The second-order valence-corrected chi connectivity index (χ2v) is 15.7. The molecule has 54 heavy (non-hydrogen) atoms. The normalized spacial score (nSPS) is 19.9. The Hall–Kier alpha value is -2.18. The van der Waals surface area contributed by atoms with E-state index in [0.717, 1.165) is 57.8 Å². The van der Waals surface area contributed by atoms with E-state index in [1.54, 1.807) is 12.2 Å². The number of esters is 2. The molecule has 0 amide bonds. The highest BCUT2D eigenvalue weighted by Crippen LogP contribution is 2.43. The molecule has 1 saturated carbocycles. The number of hydrogen-bond acceptors (Lipinski definition) is 11. The fourth-order valence-corrected chi connectivity index (χ4v) is 6.96. The van der Waals surface area contributed by atoms with E-state index in [4.69, 9.17) is 24.3 Å². The number of ketones is 1. The highest BCUT2D eigenvalue weighted by molar-refractivity contribution is 7.47. The smallest absolute Gasteiger partial charge is 0.462 e. The molecule has 0 aromatic heterocycles. The van der Waals surface area contributed by atoms with Crippen LogP contribution in [0.3, 0.4) is 0 Å². The SMILES string of the molecule is CCCCCC/C=C\CCCCCCCC(=O)OC[C@H](COP(=O)(O)OCCN)OC(=O)CCC/C=C\C[C@H]1C(=O)C[C@@H](O)[C@@H]1/C=C/[C@@H](O)CCCCC. The van der Waals surface area contributed by atoms with Gasteiger partial charge in [-0.2, -0.15) is 0 Å². The first kappa shape index (κ1) is 49.8. The minimum Gasteiger partial charge on any atom is -0.462 e. The topological polar surface area (TPSA) is 192 Å². The third-order valence-electron chi connectivity index (χ3n) is 9.37. The molecule has 0 aromatic rings.